The van der Waals surface area contributed by atoms with Gasteiger partial charge in [-0.05, 0) is 37.7 Å². The molecule has 0 aromatic carbocycles. The summed E-state index contributed by atoms with van der Waals surface area (Å²) in [5.41, 5.74) is 2.25. The van der Waals surface area contributed by atoms with Crippen LogP contribution in [0.15, 0.2) is 10.9 Å². The highest BCUT2D eigenvalue weighted by atomic mass is 16.2. The van der Waals surface area contributed by atoms with Crippen LogP contribution in [-0.4, -0.2) is 64.4 Å². The molecule has 0 atom stereocenters. The van der Waals surface area contributed by atoms with E-state index >= 15 is 0 Å². The number of aryl methyl sites for hydroxylation is 2. The van der Waals surface area contributed by atoms with Crippen LogP contribution in [0.1, 0.15) is 56.2 Å². The van der Waals surface area contributed by atoms with Gasteiger partial charge in [-0.1, -0.05) is 25.7 Å². The van der Waals surface area contributed by atoms with Crippen LogP contribution in [-0.2, 0) is 19.4 Å². The predicted octanol–water partition coefficient (Wildman–Crippen LogP) is 1.78. The Labute approximate surface area is 167 Å². The first kappa shape index (κ1) is 19.4. The fourth-order valence-electron chi connectivity index (χ4n) is 4.70. The number of carbonyl (C=O) groups is 1. The smallest absolute Gasteiger partial charge is 0.317 e. The summed E-state index contributed by atoms with van der Waals surface area (Å²) in [6, 6.07) is 2.22. The maximum atomic E-state index is 12.6. The molecule has 0 unspecified atom stereocenters. The largest absolute Gasteiger partial charge is 0.335 e. The van der Waals surface area contributed by atoms with Gasteiger partial charge in [-0.3, -0.25) is 9.69 Å². The highest BCUT2D eigenvalue weighted by Gasteiger charge is 2.23. The first-order valence-electron chi connectivity index (χ1n) is 11.1. The topological polar surface area (TPSA) is 70.5 Å². The second-order valence-corrected chi connectivity index (χ2v) is 8.50. The van der Waals surface area contributed by atoms with Crippen molar-refractivity contribution in [2.24, 2.45) is 0 Å². The van der Waals surface area contributed by atoms with Crippen LogP contribution in [0.3, 0.4) is 0 Å². The Balaban J connectivity index is 1.22. The molecule has 0 radical (unpaired) electrons. The number of nitrogens with one attached hydrogen (secondary N) is 1. The van der Waals surface area contributed by atoms with Gasteiger partial charge in [0.2, 0.25) is 0 Å². The van der Waals surface area contributed by atoms with E-state index in [2.05, 4.69) is 15.3 Å². The molecule has 1 aliphatic heterocycles. The standard InChI is InChI=1S/C21H33N5O2/c27-20-16-17-6-5-9-19(17)23-26(20)15-12-24-10-13-25(14-11-24)21(28)22-18-7-3-1-2-4-8-18/h16,18H,1-15H2,(H,22,28). The van der Waals surface area contributed by atoms with Crippen molar-refractivity contribution >= 4 is 6.03 Å². The van der Waals surface area contributed by atoms with Crippen molar-refractivity contribution in [1.82, 2.24) is 24.9 Å². The number of hydrogen-bond donors (Lipinski definition) is 1. The molecule has 1 saturated carbocycles. The van der Waals surface area contributed by atoms with Crippen LogP contribution >= 0.6 is 0 Å². The lowest BCUT2D eigenvalue weighted by Crippen LogP contribution is -2.53. The van der Waals surface area contributed by atoms with Crippen LogP contribution in [0.25, 0.3) is 0 Å². The third kappa shape index (κ3) is 4.74. The van der Waals surface area contributed by atoms with E-state index in [4.69, 9.17) is 0 Å². The van der Waals surface area contributed by atoms with E-state index in [-0.39, 0.29) is 11.6 Å². The molecule has 1 aromatic heterocycles. The molecular formula is C21H33N5O2. The van der Waals surface area contributed by atoms with Crippen molar-refractivity contribution < 1.29 is 4.79 Å². The van der Waals surface area contributed by atoms with E-state index in [1.54, 1.807) is 10.7 Å². The van der Waals surface area contributed by atoms with Crippen LogP contribution in [0.4, 0.5) is 4.79 Å². The summed E-state index contributed by atoms with van der Waals surface area (Å²) in [5, 5.41) is 7.80. The Morgan fingerprint density at radius 3 is 2.50 bits per heavy atom. The average Bonchev–Trinajstić information content (AvgIpc) is 3.00. The molecule has 4 rings (SSSR count). The third-order valence-corrected chi connectivity index (χ3v) is 6.49. The normalized spacial score (nSPS) is 21.4. The molecule has 154 valence electrons. The zero-order valence-corrected chi connectivity index (χ0v) is 16.9. The fraction of sp³-hybridized carbons (Fsp3) is 0.762. The van der Waals surface area contributed by atoms with Gasteiger partial charge in [0.1, 0.15) is 0 Å². The molecule has 2 aliphatic carbocycles. The quantitative estimate of drug-likeness (QED) is 0.800. The van der Waals surface area contributed by atoms with Crippen molar-refractivity contribution in [3.63, 3.8) is 0 Å². The second-order valence-electron chi connectivity index (χ2n) is 8.50. The molecule has 28 heavy (non-hydrogen) atoms. The van der Waals surface area contributed by atoms with Gasteiger partial charge in [0, 0.05) is 44.8 Å². The Bertz CT molecular complexity index is 731. The summed E-state index contributed by atoms with van der Waals surface area (Å²) >= 11 is 0. The van der Waals surface area contributed by atoms with Crippen LogP contribution in [0, 0.1) is 0 Å². The van der Waals surface area contributed by atoms with E-state index in [0.717, 1.165) is 76.1 Å². The lowest BCUT2D eigenvalue weighted by molar-refractivity contribution is 0.133. The van der Waals surface area contributed by atoms with Crippen molar-refractivity contribution in [1.29, 1.82) is 0 Å². The Morgan fingerprint density at radius 1 is 1.00 bits per heavy atom. The SMILES string of the molecule is O=C(NC1CCCCCC1)N1CCN(CCn2nc3c(cc2=O)CCC3)CC1. The molecule has 0 spiro atoms. The number of carbonyl (C=O) groups excluding carboxylic acids is 1. The summed E-state index contributed by atoms with van der Waals surface area (Å²) in [5.74, 6) is 0. The van der Waals surface area contributed by atoms with E-state index in [9.17, 15) is 9.59 Å². The molecule has 1 N–H and O–H groups in total. The van der Waals surface area contributed by atoms with Gasteiger partial charge in [0.15, 0.2) is 0 Å². The molecule has 7 heteroatoms. The van der Waals surface area contributed by atoms with Crippen molar-refractivity contribution in [2.45, 2.75) is 70.4 Å². The zero-order chi connectivity index (χ0) is 19.3. The van der Waals surface area contributed by atoms with Gasteiger partial charge in [0.25, 0.3) is 5.56 Å². The molecule has 2 amide bonds. The molecule has 0 bridgehead atoms. The Hall–Kier alpha value is -1.89. The summed E-state index contributed by atoms with van der Waals surface area (Å²) in [4.78, 5) is 29.1. The number of amides is 2. The van der Waals surface area contributed by atoms with Crippen LogP contribution < -0.4 is 10.9 Å². The van der Waals surface area contributed by atoms with E-state index < -0.39 is 0 Å². The van der Waals surface area contributed by atoms with Crippen LogP contribution in [0.2, 0.25) is 0 Å². The summed E-state index contributed by atoms with van der Waals surface area (Å²) in [6.07, 6.45) is 10.4. The molecule has 7 nitrogen and oxygen atoms in total. The zero-order valence-electron chi connectivity index (χ0n) is 16.9. The van der Waals surface area contributed by atoms with Crippen LogP contribution in [0.5, 0.6) is 0 Å². The predicted molar refractivity (Wildman–Crippen MR) is 109 cm³/mol. The van der Waals surface area contributed by atoms with Gasteiger partial charge in [-0.2, -0.15) is 5.10 Å². The van der Waals surface area contributed by atoms with Gasteiger partial charge in [-0.15, -0.1) is 0 Å². The molecular weight excluding hydrogens is 354 g/mol. The maximum Gasteiger partial charge on any atom is 0.317 e. The molecule has 1 aromatic rings. The van der Waals surface area contributed by atoms with E-state index in [1.807, 2.05) is 4.90 Å². The number of urea groups is 1. The molecule has 2 fully saturated rings. The minimum absolute atomic E-state index is 0.0158. The van der Waals surface area contributed by atoms with Gasteiger partial charge < -0.3 is 10.2 Å². The first-order valence-corrected chi connectivity index (χ1v) is 11.1. The lowest BCUT2D eigenvalue weighted by Gasteiger charge is -2.35. The third-order valence-electron chi connectivity index (χ3n) is 6.49. The molecule has 1 saturated heterocycles. The van der Waals surface area contributed by atoms with Gasteiger partial charge in [-0.25, -0.2) is 9.48 Å². The summed E-state index contributed by atoms with van der Waals surface area (Å²) in [6.45, 7) is 4.66. The summed E-state index contributed by atoms with van der Waals surface area (Å²) < 4.78 is 1.62. The molecule has 3 aliphatic rings. The average molecular weight is 388 g/mol. The Morgan fingerprint density at radius 2 is 1.75 bits per heavy atom. The minimum Gasteiger partial charge on any atom is -0.335 e. The number of fused-ring (bicyclic) bond motifs is 1. The number of rotatable bonds is 4. The van der Waals surface area contributed by atoms with E-state index in [1.165, 1.54) is 25.7 Å². The second kappa shape index (κ2) is 9.07. The summed E-state index contributed by atoms with van der Waals surface area (Å²) in [7, 11) is 0. The minimum atomic E-state index is 0.0158. The monoisotopic (exact) mass is 387 g/mol. The number of nitrogens with zero attached hydrogens (tertiary/aromatic N) is 4. The fourth-order valence-corrected chi connectivity index (χ4v) is 4.70. The Kier molecular flexibility index (Phi) is 6.29. The van der Waals surface area contributed by atoms with Gasteiger partial charge in [0.05, 0.1) is 12.2 Å². The molecule has 2 heterocycles. The van der Waals surface area contributed by atoms with Crippen molar-refractivity contribution in [3.8, 4) is 0 Å². The highest BCUT2D eigenvalue weighted by Crippen LogP contribution is 2.18. The number of hydrogen-bond acceptors (Lipinski definition) is 4. The maximum absolute atomic E-state index is 12.6. The van der Waals surface area contributed by atoms with Gasteiger partial charge >= 0.3 is 6.03 Å². The first-order chi connectivity index (χ1) is 13.7. The van der Waals surface area contributed by atoms with Crippen molar-refractivity contribution in [3.05, 3.63) is 27.7 Å². The highest BCUT2D eigenvalue weighted by molar-refractivity contribution is 5.74. The number of piperazine rings is 1. The van der Waals surface area contributed by atoms with E-state index in [0.29, 0.717) is 12.6 Å². The lowest BCUT2D eigenvalue weighted by atomic mass is 10.1. The number of aromatic nitrogens is 2. The van der Waals surface area contributed by atoms with Crippen molar-refractivity contribution in [2.75, 3.05) is 32.7 Å².